The largest absolute Gasteiger partial charge is 0.494 e. The zero-order chi connectivity index (χ0) is 23.0. The molecule has 1 atom stereocenters. The SMILES string of the molecule is Cc1ccc(OCCCN2CCCC2)cc1-c1cccc(OCCCN2CC[C@@H](O)C2)c1C. The topological polar surface area (TPSA) is 45.2 Å². The highest BCUT2D eigenvalue weighted by Gasteiger charge is 2.19. The van der Waals surface area contributed by atoms with Gasteiger partial charge in [0, 0.05) is 26.2 Å². The van der Waals surface area contributed by atoms with Crippen molar-refractivity contribution in [2.75, 3.05) is 52.5 Å². The van der Waals surface area contributed by atoms with E-state index >= 15 is 0 Å². The molecule has 33 heavy (non-hydrogen) atoms. The Kier molecular flexibility index (Phi) is 8.65. The standard InChI is InChI=1S/C28H40N2O3/c1-22-10-11-25(32-18-6-15-29-13-3-4-14-29)20-27(22)26-8-5-9-28(23(26)2)33-19-7-16-30-17-12-24(31)21-30/h5,8-11,20,24,31H,3-4,6-7,12-19,21H2,1-2H3/t24-/m1/s1. The predicted molar refractivity (Wildman–Crippen MR) is 134 cm³/mol. The van der Waals surface area contributed by atoms with Gasteiger partial charge in [0.1, 0.15) is 11.5 Å². The number of aliphatic hydroxyl groups excluding tert-OH is 1. The molecule has 0 unspecified atom stereocenters. The van der Waals surface area contributed by atoms with E-state index in [1.54, 1.807) is 0 Å². The number of aryl methyl sites for hydroxylation is 1. The van der Waals surface area contributed by atoms with E-state index in [2.05, 4.69) is 60.0 Å². The fraction of sp³-hybridized carbons (Fsp3) is 0.571. The second kappa shape index (κ2) is 11.9. The molecule has 180 valence electrons. The van der Waals surface area contributed by atoms with E-state index in [1.807, 2.05) is 0 Å². The third-order valence-electron chi connectivity index (χ3n) is 6.99. The lowest BCUT2D eigenvalue weighted by atomic mass is 9.96. The van der Waals surface area contributed by atoms with Gasteiger partial charge in [0.05, 0.1) is 19.3 Å². The Morgan fingerprint density at radius 2 is 1.64 bits per heavy atom. The van der Waals surface area contributed by atoms with Crippen LogP contribution in [-0.2, 0) is 0 Å². The molecule has 5 heteroatoms. The normalized spacial score (nSPS) is 19.3. The van der Waals surface area contributed by atoms with Gasteiger partial charge in [-0.15, -0.1) is 0 Å². The lowest BCUT2D eigenvalue weighted by molar-refractivity contribution is 0.173. The first-order valence-electron chi connectivity index (χ1n) is 12.7. The molecule has 0 aliphatic carbocycles. The maximum Gasteiger partial charge on any atom is 0.122 e. The molecule has 0 saturated carbocycles. The van der Waals surface area contributed by atoms with Gasteiger partial charge in [0.15, 0.2) is 0 Å². The Balaban J connectivity index is 1.32. The van der Waals surface area contributed by atoms with Crippen LogP contribution in [0.15, 0.2) is 36.4 Å². The van der Waals surface area contributed by atoms with Crippen LogP contribution in [0.4, 0.5) is 0 Å². The van der Waals surface area contributed by atoms with Crippen molar-refractivity contribution in [2.45, 2.75) is 52.1 Å². The Morgan fingerprint density at radius 1 is 0.879 bits per heavy atom. The zero-order valence-corrected chi connectivity index (χ0v) is 20.4. The van der Waals surface area contributed by atoms with Crippen LogP contribution in [0.2, 0.25) is 0 Å². The summed E-state index contributed by atoms with van der Waals surface area (Å²) < 4.78 is 12.3. The molecule has 0 radical (unpaired) electrons. The van der Waals surface area contributed by atoms with E-state index in [-0.39, 0.29) is 6.10 Å². The third-order valence-corrected chi connectivity index (χ3v) is 6.99. The maximum absolute atomic E-state index is 9.67. The molecule has 2 aliphatic rings. The van der Waals surface area contributed by atoms with Gasteiger partial charge in [0.25, 0.3) is 0 Å². The number of rotatable bonds is 11. The van der Waals surface area contributed by atoms with Crippen molar-refractivity contribution in [1.82, 2.24) is 9.80 Å². The molecule has 0 aromatic heterocycles. The van der Waals surface area contributed by atoms with Crippen LogP contribution in [-0.4, -0.2) is 73.5 Å². The van der Waals surface area contributed by atoms with E-state index in [0.717, 1.165) is 63.5 Å². The quantitative estimate of drug-likeness (QED) is 0.502. The summed E-state index contributed by atoms with van der Waals surface area (Å²) in [5.74, 6) is 1.89. The van der Waals surface area contributed by atoms with Crippen LogP contribution in [0.3, 0.4) is 0 Å². The van der Waals surface area contributed by atoms with Gasteiger partial charge in [0.2, 0.25) is 0 Å². The van der Waals surface area contributed by atoms with Gasteiger partial charge < -0.3 is 24.4 Å². The van der Waals surface area contributed by atoms with Crippen molar-refractivity contribution >= 4 is 0 Å². The van der Waals surface area contributed by atoms with Gasteiger partial charge in [-0.1, -0.05) is 18.2 Å². The Labute approximate surface area is 199 Å². The minimum Gasteiger partial charge on any atom is -0.494 e. The van der Waals surface area contributed by atoms with Crippen LogP contribution >= 0.6 is 0 Å². The zero-order valence-electron chi connectivity index (χ0n) is 20.4. The van der Waals surface area contributed by atoms with Crippen LogP contribution in [0, 0.1) is 13.8 Å². The summed E-state index contributed by atoms with van der Waals surface area (Å²) in [7, 11) is 0. The monoisotopic (exact) mass is 452 g/mol. The van der Waals surface area contributed by atoms with Crippen LogP contribution in [0.25, 0.3) is 11.1 Å². The first-order valence-corrected chi connectivity index (χ1v) is 12.7. The predicted octanol–water partition coefficient (Wildman–Crippen LogP) is 4.67. The minimum atomic E-state index is -0.155. The third kappa shape index (κ3) is 6.72. The first kappa shape index (κ1) is 24.1. The number of nitrogens with zero attached hydrogens (tertiary/aromatic N) is 2. The van der Waals surface area contributed by atoms with Gasteiger partial charge in [-0.05, 0) is 99.5 Å². The Hall–Kier alpha value is -2.08. The number of benzene rings is 2. The van der Waals surface area contributed by atoms with E-state index in [0.29, 0.717) is 6.61 Å². The number of likely N-dealkylation sites (tertiary alicyclic amines) is 2. The summed E-state index contributed by atoms with van der Waals surface area (Å²) >= 11 is 0. The molecule has 2 aliphatic heterocycles. The molecule has 2 aromatic rings. The maximum atomic E-state index is 9.67. The molecular weight excluding hydrogens is 412 g/mol. The van der Waals surface area contributed by atoms with Crippen LogP contribution in [0.1, 0.15) is 43.2 Å². The van der Waals surface area contributed by atoms with E-state index < -0.39 is 0 Å². The summed E-state index contributed by atoms with van der Waals surface area (Å²) in [5.41, 5.74) is 4.83. The van der Waals surface area contributed by atoms with Gasteiger partial charge >= 0.3 is 0 Å². The second-order valence-corrected chi connectivity index (χ2v) is 9.60. The average molecular weight is 453 g/mol. The van der Waals surface area contributed by atoms with Crippen molar-refractivity contribution in [2.24, 2.45) is 0 Å². The highest BCUT2D eigenvalue weighted by molar-refractivity contribution is 5.73. The lowest BCUT2D eigenvalue weighted by Crippen LogP contribution is -2.24. The molecule has 1 N–H and O–H groups in total. The summed E-state index contributed by atoms with van der Waals surface area (Å²) in [6.07, 6.45) is 5.46. The highest BCUT2D eigenvalue weighted by Crippen LogP contribution is 2.34. The van der Waals surface area contributed by atoms with E-state index in [9.17, 15) is 5.11 Å². The minimum absolute atomic E-state index is 0.155. The fourth-order valence-corrected chi connectivity index (χ4v) is 5.01. The molecule has 2 heterocycles. The molecule has 2 saturated heterocycles. The van der Waals surface area contributed by atoms with E-state index in [4.69, 9.17) is 9.47 Å². The number of hydrogen-bond donors (Lipinski definition) is 1. The molecule has 2 aromatic carbocycles. The van der Waals surface area contributed by atoms with Crippen molar-refractivity contribution < 1.29 is 14.6 Å². The van der Waals surface area contributed by atoms with Gasteiger partial charge in [-0.3, -0.25) is 0 Å². The van der Waals surface area contributed by atoms with Crippen LogP contribution < -0.4 is 9.47 Å². The molecule has 5 nitrogen and oxygen atoms in total. The summed E-state index contributed by atoms with van der Waals surface area (Å²) in [4.78, 5) is 4.85. The van der Waals surface area contributed by atoms with Crippen LogP contribution in [0.5, 0.6) is 11.5 Å². The molecule has 2 fully saturated rings. The number of β-amino-alcohol motifs (C(OH)–C–C–N with tert-alkyl or cyclic N) is 1. The molecule has 4 rings (SSSR count). The molecule has 0 amide bonds. The lowest BCUT2D eigenvalue weighted by Gasteiger charge is -2.18. The molecular formula is C28H40N2O3. The summed E-state index contributed by atoms with van der Waals surface area (Å²) in [6.45, 7) is 12.1. The van der Waals surface area contributed by atoms with Gasteiger partial charge in [-0.2, -0.15) is 0 Å². The number of hydrogen-bond acceptors (Lipinski definition) is 5. The van der Waals surface area contributed by atoms with Crippen molar-refractivity contribution in [3.8, 4) is 22.6 Å². The molecule has 0 spiro atoms. The first-order chi connectivity index (χ1) is 16.1. The van der Waals surface area contributed by atoms with Crippen molar-refractivity contribution in [1.29, 1.82) is 0 Å². The van der Waals surface area contributed by atoms with Crippen molar-refractivity contribution in [3.05, 3.63) is 47.5 Å². The summed E-state index contributed by atoms with van der Waals surface area (Å²) in [6, 6.07) is 12.7. The van der Waals surface area contributed by atoms with Gasteiger partial charge in [-0.25, -0.2) is 0 Å². The number of aliphatic hydroxyl groups is 1. The highest BCUT2D eigenvalue weighted by atomic mass is 16.5. The second-order valence-electron chi connectivity index (χ2n) is 9.60. The fourth-order valence-electron chi connectivity index (χ4n) is 5.01. The Morgan fingerprint density at radius 3 is 2.39 bits per heavy atom. The number of ether oxygens (including phenoxy) is 2. The average Bonchev–Trinajstić information content (AvgIpc) is 3.48. The van der Waals surface area contributed by atoms with Crippen molar-refractivity contribution in [3.63, 3.8) is 0 Å². The molecule has 0 bridgehead atoms. The Bertz CT molecular complexity index is 895. The summed E-state index contributed by atoms with van der Waals surface area (Å²) in [5, 5.41) is 9.67. The van der Waals surface area contributed by atoms with E-state index in [1.165, 1.54) is 48.2 Å². The smallest absolute Gasteiger partial charge is 0.122 e.